The molecule has 1 atom stereocenters. The van der Waals surface area contributed by atoms with Gasteiger partial charge in [0, 0.05) is 39.0 Å². The summed E-state index contributed by atoms with van der Waals surface area (Å²) in [4.78, 5) is 8.57. The summed E-state index contributed by atoms with van der Waals surface area (Å²) in [6, 6.07) is 3.90. The van der Waals surface area contributed by atoms with Crippen molar-refractivity contribution in [3.8, 4) is 5.88 Å². The zero-order valence-corrected chi connectivity index (χ0v) is 16.5. The molecule has 1 aromatic rings. The second kappa shape index (κ2) is 11.7. The number of aliphatic imine (C=N–C) groups is 1. The van der Waals surface area contributed by atoms with E-state index in [0.29, 0.717) is 18.3 Å². The third kappa shape index (κ3) is 8.72. The maximum absolute atomic E-state index is 5.77. The zero-order valence-electron chi connectivity index (χ0n) is 16.5. The van der Waals surface area contributed by atoms with Gasteiger partial charge < -0.3 is 20.1 Å². The van der Waals surface area contributed by atoms with Gasteiger partial charge in [0.25, 0.3) is 0 Å². The van der Waals surface area contributed by atoms with Crippen LogP contribution in [0, 0.1) is 5.92 Å². The van der Waals surface area contributed by atoms with Gasteiger partial charge in [0.1, 0.15) is 0 Å². The van der Waals surface area contributed by atoms with Gasteiger partial charge >= 0.3 is 0 Å². The normalized spacial score (nSPS) is 13.2. The Labute approximate surface area is 152 Å². The van der Waals surface area contributed by atoms with Crippen LogP contribution in [0.25, 0.3) is 0 Å². The quantitative estimate of drug-likeness (QED) is 0.501. The lowest BCUT2D eigenvalue weighted by molar-refractivity contribution is 0.0258. The standard InChI is InChI=1S/C19H34N4O2/c1-7-24-17(14(2)3)10-11-21-19(20-6)23-13-16-8-9-18(22-12-16)25-15(4)5/h8-9,12,14-15,17H,7,10-11,13H2,1-6H3,(H2,20,21,23). The minimum atomic E-state index is 0.130. The second-order valence-electron chi connectivity index (χ2n) is 6.55. The van der Waals surface area contributed by atoms with Gasteiger partial charge in [-0.2, -0.15) is 0 Å². The Balaban J connectivity index is 2.38. The van der Waals surface area contributed by atoms with E-state index in [9.17, 15) is 0 Å². The van der Waals surface area contributed by atoms with Crippen LogP contribution in [0.1, 0.15) is 46.6 Å². The molecule has 0 saturated heterocycles. The summed E-state index contributed by atoms with van der Waals surface area (Å²) < 4.78 is 11.3. The minimum Gasteiger partial charge on any atom is -0.475 e. The second-order valence-corrected chi connectivity index (χ2v) is 6.55. The summed E-state index contributed by atoms with van der Waals surface area (Å²) in [6.07, 6.45) is 3.18. The van der Waals surface area contributed by atoms with E-state index in [-0.39, 0.29) is 12.2 Å². The minimum absolute atomic E-state index is 0.130. The maximum Gasteiger partial charge on any atom is 0.213 e. The van der Waals surface area contributed by atoms with Crippen LogP contribution in [-0.2, 0) is 11.3 Å². The van der Waals surface area contributed by atoms with Crippen molar-refractivity contribution in [3.05, 3.63) is 23.9 Å². The summed E-state index contributed by atoms with van der Waals surface area (Å²) in [6.45, 7) is 12.6. The number of aromatic nitrogens is 1. The van der Waals surface area contributed by atoms with Crippen LogP contribution < -0.4 is 15.4 Å². The fourth-order valence-corrected chi connectivity index (χ4v) is 2.39. The molecule has 0 aliphatic carbocycles. The molecule has 0 radical (unpaired) electrons. The van der Waals surface area contributed by atoms with Crippen molar-refractivity contribution < 1.29 is 9.47 Å². The first-order chi connectivity index (χ1) is 12.0. The van der Waals surface area contributed by atoms with E-state index in [2.05, 4.69) is 34.5 Å². The average molecular weight is 351 g/mol. The van der Waals surface area contributed by atoms with Crippen LogP contribution in [0.2, 0.25) is 0 Å². The number of hydrogen-bond donors (Lipinski definition) is 2. The molecule has 0 amide bonds. The highest BCUT2D eigenvalue weighted by Gasteiger charge is 2.12. The molecule has 0 aliphatic heterocycles. The molecule has 0 bridgehead atoms. The molecule has 0 fully saturated rings. The molecule has 0 aliphatic rings. The van der Waals surface area contributed by atoms with E-state index in [0.717, 1.165) is 31.1 Å². The maximum atomic E-state index is 5.77. The highest BCUT2D eigenvalue weighted by atomic mass is 16.5. The first-order valence-electron chi connectivity index (χ1n) is 9.13. The summed E-state index contributed by atoms with van der Waals surface area (Å²) in [5, 5.41) is 6.63. The van der Waals surface area contributed by atoms with E-state index >= 15 is 0 Å². The molecular formula is C19H34N4O2. The van der Waals surface area contributed by atoms with E-state index < -0.39 is 0 Å². The van der Waals surface area contributed by atoms with Crippen molar-refractivity contribution >= 4 is 5.96 Å². The van der Waals surface area contributed by atoms with E-state index in [1.807, 2.05) is 39.1 Å². The zero-order chi connectivity index (χ0) is 18.7. The van der Waals surface area contributed by atoms with Crippen LogP contribution in [0.3, 0.4) is 0 Å². The molecule has 142 valence electrons. The lowest BCUT2D eigenvalue weighted by Gasteiger charge is -2.21. The monoisotopic (exact) mass is 350 g/mol. The van der Waals surface area contributed by atoms with Gasteiger partial charge in [0.15, 0.2) is 5.96 Å². The predicted octanol–water partition coefficient (Wildman–Crippen LogP) is 2.99. The van der Waals surface area contributed by atoms with Gasteiger partial charge in [0.05, 0.1) is 12.2 Å². The average Bonchev–Trinajstić information content (AvgIpc) is 2.57. The Bertz CT molecular complexity index is 501. The van der Waals surface area contributed by atoms with Crippen molar-refractivity contribution in [1.82, 2.24) is 15.6 Å². The van der Waals surface area contributed by atoms with Gasteiger partial charge in [-0.3, -0.25) is 4.99 Å². The summed E-state index contributed by atoms with van der Waals surface area (Å²) in [5.74, 6) is 1.94. The van der Waals surface area contributed by atoms with Crippen LogP contribution in [0.15, 0.2) is 23.3 Å². The number of rotatable bonds is 10. The SMILES string of the molecule is CCOC(CCNC(=NC)NCc1ccc(OC(C)C)nc1)C(C)C. The molecule has 6 nitrogen and oxygen atoms in total. The highest BCUT2D eigenvalue weighted by molar-refractivity contribution is 5.79. The topological polar surface area (TPSA) is 67.8 Å². The lowest BCUT2D eigenvalue weighted by Crippen LogP contribution is -2.38. The smallest absolute Gasteiger partial charge is 0.213 e. The van der Waals surface area contributed by atoms with Crippen LogP contribution in [-0.4, -0.2) is 43.4 Å². The van der Waals surface area contributed by atoms with Gasteiger partial charge in [-0.05, 0) is 38.7 Å². The molecule has 0 spiro atoms. The highest BCUT2D eigenvalue weighted by Crippen LogP contribution is 2.10. The number of hydrogen-bond acceptors (Lipinski definition) is 4. The molecule has 2 N–H and O–H groups in total. The van der Waals surface area contributed by atoms with E-state index in [1.165, 1.54) is 0 Å². The molecule has 1 heterocycles. The third-order valence-electron chi connectivity index (χ3n) is 3.68. The first-order valence-corrected chi connectivity index (χ1v) is 9.13. The van der Waals surface area contributed by atoms with E-state index in [4.69, 9.17) is 9.47 Å². The summed E-state index contributed by atoms with van der Waals surface area (Å²) in [7, 11) is 1.77. The molecule has 1 unspecified atom stereocenters. The Morgan fingerprint density at radius 2 is 1.96 bits per heavy atom. The number of nitrogens with one attached hydrogen (secondary N) is 2. The van der Waals surface area contributed by atoms with Crippen molar-refractivity contribution in [2.45, 2.75) is 59.8 Å². The van der Waals surface area contributed by atoms with E-state index in [1.54, 1.807) is 7.05 Å². The fraction of sp³-hybridized carbons (Fsp3) is 0.684. The third-order valence-corrected chi connectivity index (χ3v) is 3.68. The number of pyridine rings is 1. The molecule has 25 heavy (non-hydrogen) atoms. The first kappa shape index (κ1) is 21.2. The molecule has 0 aromatic carbocycles. The number of guanidine groups is 1. The fourth-order valence-electron chi connectivity index (χ4n) is 2.39. The Kier molecular flexibility index (Phi) is 9.92. The summed E-state index contributed by atoms with van der Waals surface area (Å²) in [5.41, 5.74) is 1.08. The number of ether oxygens (including phenoxy) is 2. The number of nitrogens with zero attached hydrogens (tertiary/aromatic N) is 2. The molecule has 1 aromatic heterocycles. The largest absolute Gasteiger partial charge is 0.475 e. The van der Waals surface area contributed by atoms with Gasteiger partial charge in [0.2, 0.25) is 5.88 Å². The van der Waals surface area contributed by atoms with Crippen LogP contribution in [0.5, 0.6) is 5.88 Å². The molecular weight excluding hydrogens is 316 g/mol. The van der Waals surface area contributed by atoms with Gasteiger partial charge in [-0.1, -0.05) is 19.9 Å². The van der Waals surface area contributed by atoms with Crippen molar-refractivity contribution in [1.29, 1.82) is 0 Å². The van der Waals surface area contributed by atoms with Crippen LogP contribution >= 0.6 is 0 Å². The van der Waals surface area contributed by atoms with Gasteiger partial charge in [-0.15, -0.1) is 0 Å². The van der Waals surface area contributed by atoms with Crippen molar-refractivity contribution in [3.63, 3.8) is 0 Å². The Morgan fingerprint density at radius 3 is 2.48 bits per heavy atom. The summed E-state index contributed by atoms with van der Waals surface area (Å²) >= 11 is 0. The van der Waals surface area contributed by atoms with Crippen molar-refractivity contribution in [2.24, 2.45) is 10.9 Å². The van der Waals surface area contributed by atoms with Crippen LogP contribution in [0.4, 0.5) is 0 Å². The Morgan fingerprint density at radius 1 is 1.20 bits per heavy atom. The van der Waals surface area contributed by atoms with Crippen molar-refractivity contribution in [2.75, 3.05) is 20.2 Å². The van der Waals surface area contributed by atoms with Gasteiger partial charge in [-0.25, -0.2) is 4.98 Å². The molecule has 0 saturated carbocycles. The lowest BCUT2D eigenvalue weighted by atomic mass is 10.0. The Hall–Kier alpha value is -1.82. The molecule has 1 rings (SSSR count). The molecule has 6 heteroatoms. The predicted molar refractivity (Wildman–Crippen MR) is 103 cm³/mol.